The highest BCUT2D eigenvalue weighted by Gasteiger charge is 2.70. The average Bonchev–Trinajstić information content (AvgIpc) is 2.37. The molecule has 1 heterocycles. The Hall–Kier alpha value is 0.708. The molecule has 144 valence electrons. The van der Waals surface area contributed by atoms with Gasteiger partial charge < -0.3 is 16.9 Å². The lowest BCUT2D eigenvalue weighted by atomic mass is 10.7. The van der Waals surface area contributed by atoms with Gasteiger partial charge in [-0.1, -0.05) is 27.7 Å². The number of hydrogen-bond acceptors (Lipinski definition) is 4. The maximum Gasteiger partial charge on any atom is 0.189 e. The van der Waals surface area contributed by atoms with E-state index in [2.05, 4.69) is 97.0 Å². The van der Waals surface area contributed by atoms with Crippen LogP contribution < -0.4 is 0 Å². The van der Waals surface area contributed by atoms with Gasteiger partial charge in [-0.2, -0.15) is 0 Å². The first kappa shape index (κ1) is 22.7. The van der Waals surface area contributed by atoms with Crippen LogP contribution in [0.15, 0.2) is 0 Å². The third-order valence-electron chi connectivity index (χ3n) is 6.36. The van der Waals surface area contributed by atoms with Gasteiger partial charge in [-0.15, -0.1) is 0 Å². The summed E-state index contributed by atoms with van der Waals surface area (Å²) in [6.45, 7) is 35.1. The molecule has 0 saturated carbocycles. The van der Waals surface area contributed by atoms with Crippen LogP contribution in [0.2, 0.25) is 52.4 Å². The summed E-state index contributed by atoms with van der Waals surface area (Å²) in [7, 11) is -6.16. The standard InChI is InChI=1S/C16H44N4Si4/c1-13-17(14-2)21(5,6)19-23(9,10)20(24(19,11)12)22(7,8)18(15-3)16-4/h13-16H2,1-12H3. The van der Waals surface area contributed by atoms with E-state index in [0.717, 1.165) is 0 Å². The van der Waals surface area contributed by atoms with Gasteiger partial charge in [-0.25, -0.2) is 0 Å². The Morgan fingerprint density at radius 2 is 0.792 bits per heavy atom. The lowest BCUT2D eigenvalue weighted by Crippen LogP contribution is -3.00. The van der Waals surface area contributed by atoms with Gasteiger partial charge in [0, 0.05) is 0 Å². The van der Waals surface area contributed by atoms with Crippen LogP contribution in [0.1, 0.15) is 27.7 Å². The molecule has 0 N–H and O–H groups in total. The van der Waals surface area contributed by atoms with Crippen LogP contribution in [0.4, 0.5) is 0 Å². The molecule has 0 aliphatic carbocycles. The molecule has 1 fully saturated rings. The molecule has 1 aliphatic rings. The van der Waals surface area contributed by atoms with E-state index in [9.17, 15) is 0 Å². The fourth-order valence-electron chi connectivity index (χ4n) is 6.45. The topological polar surface area (TPSA) is 13.0 Å². The monoisotopic (exact) mass is 404 g/mol. The van der Waals surface area contributed by atoms with E-state index in [1.165, 1.54) is 26.2 Å². The van der Waals surface area contributed by atoms with E-state index in [-0.39, 0.29) is 0 Å². The molecule has 0 amide bonds. The van der Waals surface area contributed by atoms with Crippen molar-refractivity contribution in [1.82, 2.24) is 16.9 Å². The number of rotatable bonds is 8. The molecule has 4 nitrogen and oxygen atoms in total. The lowest BCUT2D eigenvalue weighted by Gasteiger charge is -2.77. The third-order valence-corrected chi connectivity index (χ3v) is 37.0. The van der Waals surface area contributed by atoms with Gasteiger partial charge in [0.25, 0.3) is 0 Å². The molecule has 8 heteroatoms. The molecule has 0 aromatic rings. The first-order chi connectivity index (χ1) is 10.8. The van der Waals surface area contributed by atoms with Gasteiger partial charge in [0.1, 0.15) is 0 Å². The van der Waals surface area contributed by atoms with E-state index in [4.69, 9.17) is 0 Å². The minimum Gasteiger partial charge on any atom is -0.333 e. The number of nitrogens with zero attached hydrogens (tertiary/aromatic N) is 4. The van der Waals surface area contributed by atoms with Crippen molar-refractivity contribution >= 4 is 33.6 Å². The minimum absolute atomic E-state index is 1.19. The van der Waals surface area contributed by atoms with Crippen molar-refractivity contribution in [2.45, 2.75) is 80.1 Å². The highest BCUT2D eigenvalue weighted by Crippen LogP contribution is 2.47. The molecule has 1 saturated heterocycles. The van der Waals surface area contributed by atoms with E-state index in [1.54, 1.807) is 0 Å². The van der Waals surface area contributed by atoms with Crippen molar-refractivity contribution in [3.05, 3.63) is 0 Å². The maximum absolute atomic E-state index is 3.15. The van der Waals surface area contributed by atoms with Crippen molar-refractivity contribution in [3.63, 3.8) is 0 Å². The molecule has 0 atom stereocenters. The van der Waals surface area contributed by atoms with Gasteiger partial charge in [-0.3, -0.25) is 0 Å². The summed E-state index contributed by atoms with van der Waals surface area (Å²) in [6, 6.07) is 0. The molecular weight excluding hydrogens is 361 g/mol. The van der Waals surface area contributed by atoms with Crippen LogP contribution in [0.3, 0.4) is 0 Å². The van der Waals surface area contributed by atoms with Crippen LogP contribution in [-0.2, 0) is 0 Å². The summed E-state index contributed by atoms with van der Waals surface area (Å²) >= 11 is 0. The molecule has 0 spiro atoms. The Balaban J connectivity index is 3.30. The smallest absolute Gasteiger partial charge is 0.189 e. The SMILES string of the molecule is CCN(CC)[Si](C)(C)N1[Si](C)(C)N([Si](C)(C)N(CC)CC)[Si]1(C)C. The van der Waals surface area contributed by atoms with Crippen molar-refractivity contribution in [1.29, 1.82) is 0 Å². The van der Waals surface area contributed by atoms with E-state index in [0.29, 0.717) is 0 Å². The summed E-state index contributed by atoms with van der Waals surface area (Å²) in [5.41, 5.74) is 0. The molecule has 0 bridgehead atoms. The van der Waals surface area contributed by atoms with Gasteiger partial charge >= 0.3 is 0 Å². The van der Waals surface area contributed by atoms with Gasteiger partial charge in [0.15, 0.2) is 33.6 Å². The summed E-state index contributed by atoms with van der Waals surface area (Å²) < 4.78 is 11.9. The highest BCUT2D eigenvalue weighted by molar-refractivity contribution is 7.19. The van der Waals surface area contributed by atoms with Crippen LogP contribution in [-0.4, -0.2) is 76.7 Å². The zero-order valence-corrected chi connectivity index (χ0v) is 22.6. The maximum atomic E-state index is 3.15. The van der Waals surface area contributed by atoms with Crippen molar-refractivity contribution in [2.75, 3.05) is 26.2 Å². The summed E-state index contributed by atoms with van der Waals surface area (Å²) in [4.78, 5) is 0. The predicted molar refractivity (Wildman–Crippen MR) is 119 cm³/mol. The lowest BCUT2D eigenvalue weighted by molar-refractivity contribution is 0.401. The Kier molecular flexibility index (Phi) is 6.99. The average molecular weight is 405 g/mol. The first-order valence-corrected chi connectivity index (χ1v) is 21.5. The van der Waals surface area contributed by atoms with Crippen molar-refractivity contribution < 1.29 is 0 Å². The second-order valence-electron chi connectivity index (χ2n) is 8.99. The van der Waals surface area contributed by atoms with Gasteiger partial charge in [0.05, 0.1) is 0 Å². The second kappa shape index (κ2) is 7.38. The van der Waals surface area contributed by atoms with Crippen molar-refractivity contribution in [3.8, 4) is 0 Å². The molecule has 0 radical (unpaired) electrons. The third kappa shape index (κ3) is 3.33. The minimum atomic E-state index is -1.54. The first-order valence-electron chi connectivity index (χ1n) is 9.88. The molecule has 0 aromatic heterocycles. The zero-order valence-electron chi connectivity index (χ0n) is 18.6. The Labute approximate surface area is 156 Å². The quantitative estimate of drug-likeness (QED) is 0.565. The highest BCUT2D eigenvalue weighted by atomic mass is 28.6. The molecule has 24 heavy (non-hydrogen) atoms. The molecular formula is C16H44N4Si4. The summed E-state index contributed by atoms with van der Waals surface area (Å²) in [6.07, 6.45) is 0. The summed E-state index contributed by atoms with van der Waals surface area (Å²) in [5, 5.41) is 0. The predicted octanol–water partition coefficient (Wildman–Crippen LogP) is 4.09. The van der Waals surface area contributed by atoms with Gasteiger partial charge in [0.2, 0.25) is 0 Å². The van der Waals surface area contributed by atoms with Crippen LogP contribution in [0, 0.1) is 0 Å². The fraction of sp³-hybridized carbons (Fsp3) is 1.00. The Morgan fingerprint density at radius 3 is 0.958 bits per heavy atom. The van der Waals surface area contributed by atoms with Crippen LogP contribution in [0.25, 0.3) is 0 Å². The van der Waals surface area contributed by atoms with E-state index >= 15 is 0 Å². The summed E-state index contributed by atoms with van der Waals surface area (Å²) in [5.74, 6) is 0. The second-order valence-corrected chi connectivity index (χ2v) is 27.6. The molecule has 1 rings (SSSR count). The van der Waals surface area contributed by atoms with E-state index in [1.807, 2.05) is 0 Å². The van der Waals surface area contributed by atoms with Crippen molar-refractivity contribution in [2.24, 2.45) is 0 Å². The van der Waals surface area contributed by atoms with Gasteiger partial charge in [-0.05, 0) is 78.6 Å². The Bertz CT molecular complexity index is 380. The molecule has 0 unspecified atom stereocenters. The Morgan fingerprint density at radius 1 is 0.583 bits per heavy atom. The normalized spacial score (nSPS) is 22.2. The zero-order chi connectivity index (χ0) is 19.1. The molecule has 1 aliphatic heterocycles. The number of hydrogen-bond donors (Lipinski definition) is 0. The van der Waals surface area contributed by atoms with Crippen LogP contribution in [0.5, 0.6) is 0 Å². The molecule has 0 aromatic carbocycles. The van der Waals surface area contributed by atoms with Crippen LogP contribution >= 0.6 is 0 Å². The largest absolute Gasteiger partial charge is 0.333 e. The fourth-order valence-corrected chi connectivity index (χ4v) is 47.9. The van der Waals surface area contributed by atoms with E-state index < -0.39 is 33.6 Å².